The second-order valence-corrected chi connectivity index (χ2v) is 7.99. The number of hydrogen-bond donors (Lipinski definition) is 2. The fourth-order valence-corrected chi connectivity index (χ4v) is 4.00. The lowest BCUT2D eigenvalue weighted by atomic mass is 10.0. The summed E-state index contributed by atoms with van der Waals surface area (Å²) in [6.07, 6.45) is 0.864. The third-order valence-corrected chi connectivity index (χ3v) is 5.65. The van der Waals surface area contributed by atoms with Gasteiger partial charge in [-0.3, -0.25) is 0 Å². The van der Waals surface area contributed by atoms with Crippen LogP contribution in [0.5, 0.6) is 5.75 Å². The first-order chi connectivity index (χ1) is 16.2. The molecule has 1 aromatic heterocycles. The Morgan fingerprint density at radius 1 is 0.909 bits per heavy atom. The van der Waals surface area contributed by atoms with Crippen LogP contribution in [0.25, 0.3) is 11.3 Å². The standard InChI is InChI=1S/C27H23N3O3/c31-27(32)22(16-19-11-5-2-6-12-19)29-26-21(15-18-9-3-1-4-10-18)28-25-20-13-7-8-14-24(20)33-17-23(25)30-26/h1-14,22H,15-17H2,(H,29,30)(H,31,32)/t22-/m0/s1. The number of aromatic nitrogens is 2. The average molecular weight is 437 g/mol. The zero-order valence-corrected chi connectivity index (χ0v) is 17.9. The smallest absolute Gasteiger partial charge is 0.326 e. The van der Waals surface area contributed by atoms with E-state index >= 15 is 0 Å². The van der Waals surface area contributed by atoms with Gasteiger partial charge in [0.2, 0.25) is 0 Å². The minimum absolute atomic E-state index is 0.288. The molecule has 0 bridgehead atoms. The maximum absolute atomic E-state index is 12.1. The molecule has 0 aliphatic carbocycles. The first kappa shape index (κ1) is 20.7. The Bertz CT molecular complexity index is 1280. The molecule has 0 saturated carbocycles. The van der Waals surface area contributed by atoms with E-state index in [0.717, 1.165) is 28.1 Å². The van der Waals surface area contributed by atoms with Gasteiger partial charge in [-0.25, -0.2) is 14.8 Å². The SMILES string of the molecule is O=C(O)[C@H](Cc1ccccc1)Nc1nc2c(nc1Cc1ccccc1)-c1ccccc1OC2. The zero-order chi connectivity index (χ0) is 22.6. The van der Waals surface area contributed by atoms with E-state index in [4.69, 9.17) is 14.7 Å². The number of benzene rings is 3. The summed E-state index contributed by atoms with van der Waals surface area (Å²) in [7, 11) is 0. The van der Waals surface area contributed by atoms with E-state index in [1.165, 1.54) is 0 Å². The highest BCUT2D eigenvalue weighted by atomic mass is 16.5. The van der Waals surface area contributed by atoms with Gasteiger partial charge in [0, 0.05) is 18.4 Å². The lowest BCUT2D eigenvalue weighted by Crippen LogP contribution is -2.33. The molecule has 0 spiro atoms. The molecular weight excluding hydrogens is 414 g/mol. The van der Waals surface area contributed by atoms with Gasteiger partial charge in [-0.1, -0.05) is 72.8 Å². The number of nitrogens with one attached hydrogen (secondary N) is 1. The zero-order valence-electron chi connectivity index (χ0n) is 17.9. The van der Waals surface area contributed by atoms with E-state index in [-0.39, 0.29) is 6.61 Å². The van der Waals surface area contributed by atoms with Crippen molar-refractivity contribution in [3.05, 3.63) is 107 Å². The van der Waals surface area contributed by atoms with Crippen molar-refractivity contribution in [1.29, 1.82) is 0 Å². The molecule has 0 unspecified atom stereocenters. The van der Waals surface area contributed by atoms with Crippen LogP contribution < -0.4 is 10.1 Å². The van der Waals surface area contributed by atoms with E-state index < -0.39 is 12.0 Å². The number of hydrogen-bond acceptors (Lipinski definition) is 5. The van der Waals surface area contributed by atoms with Gasteiger partial charge in [0.05, 0.1) is 11.4 Å². The van der Waals surface area contributed by atoms with Crippen LogP contribution in [0.15, 0.2) is 84.9 Å². The van der Waals surface area contributed by atoms with E-state index in [1.807, 2.05) is 84.9 Å². The number of carboxylic acids is 1. The summed E-state index contributed by atoms with van der Waals surface area (Å²) in [5.74, 6) is 0.313. The van der Waals surface area contributed by atoms with Gasteiger partial charge in [0.15, 0.2) is 0 Å². The topological polar surface area (TPSA) is 84.3 Å². The van der Waals surface area contributed by atoms with Crippen LogP contribution in [0.4, 0.5) is 5.82 Å². The maximum Gasteiger partial charge on any atom is 0.326 e. The Morgan fingerprint density at radius 2 is 1.58 bits per heavy atom. The fraction of sp³-hybridized carbons (Fsp3) is 0.148. The lowest BCUT2D eigenvalue weighted by molar-refractivity contribution is -0.137. The number of ether oxygens (including phenoxy) is 1. The summed E-state index contributed by atoms with van der Waals surface area (Å²) in [6, 6.07) is 26.5. The monoisotopic (exact) mass is 437 g/mol. The second kappa shape index (κ2) is 9.12. The third-order valence-electron chi connectivity index (χ3n) is 5.65. The molecular formula is C27H23N3O3. The van der Waals surface area contributed by atoms with Gasteiger partial charge < -0.3 is 15.2 Å². The minimum atomic E-state index is -0.939. The van der Waals surface area contributed by atoms with Gasteiger partial charge in [-0.05, 0) is 23.3 Å². The number of carboxylic acid groups (broad SMARTS) is 1. The van der Waals surface area contributed by atoms with E-state index in [1.54, 1.807) is 0 Å². The van der Waals surface area contributed by atoms with Crippen LogP contribution >= 0.6 is 0 Å². The van der Waals surface area contributed by atoms with Crippen LogP contribution in [-0.2, 0) is 24.2 Å². The Morgan fingerprint density at radius 3 is 2.30 bits per heavy atom. The number of fused-ring (bicyclic) bond motifs is 3. The lowest BCUT2D eigenvalue weighted by Gasteiger charge is -2.23. The first-order valence-corrected chi connectivity index (χ1v) is 10.9. The molecule has 0 amide bonds. The molecule has 5 rings (SSSR count). The highest BCUT2D eigenvalue weighted by molar-refractivity contribution is 5.78. The van der Waals surface area contributed by atoms with Crippen molar-refractivity contribution in [3.8, 4) is 17.0 Å². The highest BCUT2D eigenvalue weighted by Gasteiger charge is 2.25. The van der Waals surface area contributed by atoms with E-state index in [2.05, 4.69) is 5.32 Å². The number of aliphatic carboxylic acids is 1. The van der Waals surface area contributed by atoms with Gasteiger partial charge in [-0.15, -0.1) is 0 Å². The largest absolute Gasteiger partial charge is 0.487 e. The minimum Gasteiger partial charge on any atom is -0.487 e. The van der Waals surface area contributed by atoms with Crippen LogP contribution in [-0.4, -0.2) is 27.1 Å². The maximum atomic E-state index is 12.1. The predicted molar refractivity (Wildman–Crippen MR) is 126 cm³/mol. The van der Waals surface area contributed by atoms with Crippen LogP contribution in [0.3, 0.4) is 0 Å². The Balaban J connectivity index is 1.54. The predicted octanol–water partition coefficient (Wildman–Crippen LogP) is 4.73. The van der Waals surface area contributed by atoms with E-state index in [0.29, 0.717) is 30.0 Å². The summed E-state index contributed by atoms with van der Waals surface area (Å²) in [5.41, 5.74) is 5.08. The molecule has 6 heteroatoms. The molecule has 164 valence electrons. The number of rotatable bonds is 7. The van der Waals surface area contributed by atoms with Crippen LogP contribution in [0.2, 0.25) is 0 Å². The van der Waals surface area contributed by atoms with Gasteiger partial charge in [-0.2, -0.15) is 0 Å². The summed E-state index contributed by atoms with van der Waals surface area (Å²) >= 11 is 0. The third kappa shape index (κ3) is 4.55. The molecule has 0 fully saturated rings. The molecule has 3 aromatic carbocycles. The van der Waals surface area contributed by atoms with Crippen molar-refractivity contribution < 1.29 is 14.6 Å². The molecule has 6 nitrogen and oxygen atoms in total. The summed E-state index contributed by atoms with van der Waals surface area (Å²) in [5, 5.41) is 13.1. The fourth-order valence-electron chi connectivity index (χ4n) is 4.00. The molecule has 0 saturated heterocycles. The normalized spacial score (nSPS) is 12.7. The van der Waals surface area contributed by atoms with Crippen molar-refractivity contribution in [1.82, 2.24) is 9.97 Å². The van der Waals surface area contributed by atoms with Crippen molar-refractivity contribution in [2.24, 2.45) is 0 Å². The molecule has 1 aliphatic rings. The Labute approximate surface area is 191 Å². The molecule has 33 heavy (non-hydrogen) atoms. The molecule has 1 atom stereocenters. The Hall–Kier alpha value is -4.19. The molecule has 2 heterocycles. The summed E-state index contributed by atoms with van der Waals surface area (Å²) in [6.45, 7) is 0.288. The molecule has 2 N–H and O–H groups in total. The first-order valence-electron chi connectivity index (χ1n) is 10.9. The van der Waals surface area contributed by atoms with Crippen molar-refractivity contribution >= 4 is 11.8 Å². The molecule has 1 aliphatic heterocycles. The van der Waals surface area contributed by atoms with Crippen LogP contribution in [0, 0.1) is 0 Å². The number of carbonyl (C=O) groups is 1. The molecule has 4 aromatic rings. The average Bonchev–Trinajstić information content (AvgIpc) is 2.85. The number of para-hydroxylation sites is 1. The summed E-state index contributed by atoms with van der Waals surface area (Å²) in [4.78, 5) is 21.9. The van der Waals surface area contributed by atoms with Crippen molar-refractivity contribution in [3.63, 3.8) is 0 Å². The number of nitrogens with zero attached hydrogens (tertiary/aromatic N) is 2. The second-order valence-electron chi connectivity index (χ2n) is 7.99. The van der Waals surface area contributed by atoms with Crippen molar-refractivity contribution in [2.45, 2.75) is 25.5 Å². The van der Waals surface area contributed by atoms with E-state index in [9.17, 15) is 9.90 Å². The van der Waals surface area contributed by atoms with Gasteiger partial charge >= 0.3 is 5.97 Å². The van der Waals surface area contributed by atoms with Crippen molar-refractivity contribution in [2.75, 3.05) is 5.32 Å². The number of anilines is 1. The van der Waals surface area contributed by atoms with Gasteiger partial charge in [0.25, 0.3) is 0 Å². The van der Waals surface area contributed by atoms with Crippen LogP contribution in [0.1, 0.15) is 22.5 Å². The quantitative estimate of drug-likeness (QED) is 0.435. The molecule has 0 radical (unpaired) electrons. The summed E-state index contributed by atoms with van der Waals surface area (Å²) < 4.78 is 5.86. The van der Waals surface area contributed by atoms with Gasteiger partial charge in [0.1, 0.15) is 29.9 Å². The highest BCUT2D eigenvalue weighted by Crippen LogP contribution is 2.36. The Kier molecular flexibility index (Phi) is 5.72.